The van der Waals surface area contributed by atoms with E-state index in [9.17, 15) is 9.59 Å². The fourth-order valence-electron chi connectivity index (χ4n) is 4.33. The van der Waals surface area contributed by atoms with Gasteiger partial charge in [-0.2, -0.15) is 0 Å². The van der Waals surface area contributed by atoms with Crippen molar-refractivity contribution in [2.75, 3.05) is 26.2 Å². The van der Waals surface area contributed by atoms with E-state index in [0.717, 1.165) is 13.1 Å². The van der Waals surface area contributed by atoms with Gasteiger partial charge in [-0.1, -0.05) is 19.8 Å². The molecule has 0 aromatic carbocycles. The number of likely N-dealkylation sites (tertiary alicyclic amines) is 1. The lowest BCUT2D eigenvalue weighted by molar-refractivity contribution is -0.132. The number of nitrogens with one attached hydrogen (secondary N) is 1. The van der Waals surface area contributed by atoms with Gasteiger partial charge in [0.05, 0.1) is 12.7 Å². The van der Waals surface area contributed by atoms with E-state index in [0.29, 0.717) is 31.6 Å². The molecule has 0 radical (unpaired) electrons. The predicted octanol–water partition coefficient (Wildman–Crippen LogP) is 1.99. The molecule has 0 aromatic rings. The molecular formula is C18H31N3O3. The fraction of sp³-hybridized carbons (Fsp3) is 0.889. The molecule has 6 nitrogen and oxygen atoms in total. The van der Waals surface area contributed by atoms with Crippen molar-refractivity contribution in [1.29, 1.82) is 0 Å². The van der Waals surface area contributed by atoms with E-state index < -0.39 is 5.54 Å². The Labute approximate surface area is 144 Å². The number of ether oxygens (including phenoxy) is 1. The Hall–Kier alpha value is -1.14. The molecule has 2 heterocycles. The van der Waals surface area contributed by atoms with Gasteiger partial charge in [0.2, 0.25) is 0 Å². The van der Waals surface area contributed by atoms with Gasteiger partial charge in [0.25, 0.3) is 5.91 Å². The summed E-state index contributed by atoms with van der Waals surface area (Å²) >= 11 is 0. The quantitative estimate of drug-likeness (QED) is 0.779. The number of hydrogen-bond acceptors (Lipinski definition) is 4. The molecule has 0 aromatic heterocycles. The fourth-order valence-corrected chi connectivity index (χ4v) is 4.33. The maximum Gasteiger partial charge on any atom is 0.325 e. The number of urea groups is 1. The molecule has 136 valence electrons. The van der Waals surface area contributed by atoms with Crippen molar-refractivity contribution in [3.63, 3.8) is 0 Å². The first-order chi connectivity index (χ1) is 11.4. The normalized spacial score (nSPS) is 34.6. The van der Waals surface area contributed by atoms with E-state index in [1.165, 1.54) is 30.6 Å². The van der Waals surface area contributed by atoms with Crippen LogP contribution in [0, 0.1) is 5.92 Å². The summed E-state index contributed by atoms with van der Waals surface area (Å²) in [5.74, 6) is 0.589. The zero-order valence-corrected chi connectivity index (χ0v) is 15.2. The number of carbonyl (C=O) groups is 2. The molecule has 1 saturated carbocycles. The van der Waals surface area contributed by atoms with Crippen molar-refractivity contribution in [3.8, 4) is 0 Å². The van der Waals surface area contributed by atoms with E-state index in [1.54, 1.807) is 0 Å². The van der Waals surface area contributed by atoms with Crippen LogP contribution < -0.4 is 5.32 Å². The maximum absolute atomic E-state index is 12.7. The van der Waals surface area contributed by atoms with Crippen molar-refractivity contribution >= 4 is 11.9 Å². The second-order valence-electron chi connectivity index (χ2n) is 7.98. The molecule has 3 aliphatic rings. The van der Waals surface area contributed by atoms with Crippen LogP contribution in [0.4, 0.5) is 4.79 Å². The Morgan fingerprint density at radius 2 is 2.04 bits per heavy atom. The van der Waals surface area contributed by atoms with Gasteiger partial charge in [-0.25, -0.2) is 4.79 Å². The molecule has 2 saturated heterocycles. The van der Waals surface area contributed by atoms with Gasteiger partial charge in [0.1, 0.15) is 5.54 Å². The summed E-state index contributed by atoms with van der Waals surface area (Å²) in [6.07, 6.45) is 6.11. The van der Waals surface area contributed by atoms with E-state index in [2.05, 4.69) is 17.1 Å². The number of imide groups is 1. The molecule has 6 heteroatoms. The molecule has 1 spiro atoms. The van der Waals surface area contributed by atoms with E-state index in [-0.39, 0.29) is 18.0 Å². The maximum atomic E-state index is 12.7. The van der Waals surface area contributed by atoms with Gasteiger partial charge in [-0.3, -0.25) is 14.6 Å². The molecule has 3 rings (SSSR count). The highest BCUT2D eigenvalue weighted by molar-refractivity contribution is 6.07. The number of carbonyl (C=O) groups excluding carboxylic acids is 2. The van der Waals surface area contributed by atoms with Gasteiger partial charge >= 0.3 is 6.03 Å². The molecule has 2 aliphatic heterocycles. The van der Waals surface area contributed by atoms with Crippen LogP contribution >= 0.6 is 0 Å². The minimum atomic E-state index is -0.709. The van der Waals surface area contributed by atoms with Gasteiger partial charge < -0.3 is 10.1 Å². The molecule has 0 unspecified atom stereocenters. The van der Waals surface area contributed by atoms with Crippen molar-refractivity contribution < 1.29 is 14.3 Å². The molecule has 24 heavy (non-hydrogen) atoms. The standard InChI is InChI=1S/C18H31N3O3/c1-13(2)21-16(22)18(19-17(21)23)8-9-20(12-18)10-11-24-15-7-5-4-6-14(15)3/h13-15H,4-12H2,1-3H3,(H,19,23)/t14-,15+,18+/m1/s1. The van der Waals surface area contributed by atoms with Gasteiger partial charge in [0.15, 0.2) is 0 Å². The average molecular weight is 337 g/mol. The van der Waals surface area contributed by atoms with Gasteiger partial charge in [0, 0.05) is 25.7 Å². The zero-order valence-electron chi connectivity index (χ0n) is 15.2. The summed E-state index contributed by atoms with van der Waals surface area (Å²) in [6, 6.07) is -0.342. The summed E-state index contributed by atoms with van der Waals surface area (Å²) < 4.78 is 6.09. The van der Waals surface area contributed by atoms with Crippen molar-refractivity contribution in [1.82, 2.24) is 15.1 Å². The number of amides is 3. The van der Waals surface area contributed by atoms with Crippen LogP contribution in [0.1, 0.15) is 52.9 Å². The monoisotopic (exact) mass is 337 g/mol. The topological polar surface area (TPSA) is 61.9 Å². The molecular weight excluding hydrogens is 306 g/mol. The van der Waals surface area contributed by atoms with Crippen molar-refractivity contribution in [2.45, 2.75) is 70.6 Å². The van der Waals surface area contributed by atoms with E-state index >= 15 is 0 Å². The molecule has 1 N–H and O–H groups in total. The minimum absolute atomic E-state index is 0.0631. The van der Waals surface area contributed by atoms with Crippen LogP contribution in [0.5, 0.6) is 0 Å². The zero-order chi connectivity index (χ0) is 17.3. The van der Waals surface area contributed by atoms with Gasteiger partial charge in [-0.15, -0.1) is 0 Å². The first kappa shape index (κ1) is 17.7. The van der Waals surface area contributed by atoms with Gasteiger partial charge in [-0.05, 0) is 39.0 Å². The van der Waals surface area contributed by atoms with Crippen LogP contribution in [-0.4, -0.2) is 65.7 Å². The minimum Gasteiger partial charge on any atom is -0.377 e. The van der Waals surface area contributed by atoms with Crippen LogP contribution in [0.15, 0.2) is 0 Å². The second-order valence-corrected chi connectivity index (χ2v) is 7.98. The van der Waals surface area contributed by atoms with E-state index in [4.69, 9.17) is 4.74 Å². The first-order valence-corrected chi connectivity index (χ1v) is 9.43. The SMILES string of the molecule is CC(C)N1C(=O)N[C@]2(CCN(CCO[C@H]3CCCC[C@H]3C)C2)C1=O. The second kappa shape index (κ2) is 7.00. The van der Waals surface area contributed by atoms with Crippen molar-refractivity contribution in [3.05, 3.63) is 0 Å². The Kier molecular flexibility index (Phi) is 5.16. The molecule has 3 amide bonds. The highest BCUT2D eigenvalue weighted by atomic mass is 16.5. The van der Waals surface area contributed by atoms with Crippen molar-refractivity contribution in [2.24, 2.45) is 5.92 Å². The summed E-state index contributed by atoms with van der Waals surface area (Å²) in [5, 5.41) is 2.94. The predicted molar refractivity (Wildman–Crippen MR) is 91.7 cm³/mol. The van der Waals surface area contributed by atoms with Crippen LogP contribution in [0.2, 0.25) is 0 Å². The Balaban J connectivity index is 1.49. The Morgan fingerprint density at radius 3 is 2.71 bits per heavy atom. The first-order valence-electron chi connectivity index (χ1n) is 9.43. The third kappa shape index (κ3) is 3.31. The lowest BCUT2D eigenvalue weighted by Gasteiger charge is -2.29. The summed E-state index contributed by atoms with van der Waals surface area (Å²) in [4.78, 5) is 28.4. The third-order valence-electron chi connectivity index (χ3n) is 5.83. The number of hydrogen-bond donors (Lipinski definition) is 1. The average Bonchev–Trinajstić information content (AvgIpc) is 3.03. The van der Waals surface area contributed by atoms with Crippen LogP contribution in [0.3, 0.4) is 0 Å². The lowest BCUT2D eigenvalue weighted by Crippen LogP contribution is -2.50. The van der Waals surface area contributed by atoms with Crippen LogP contribution in [0.25, 0.3) is 0 Å². The third-order valence-corrected chi connectivity index (χ3v) is 5.83. The summed E-state index contributed by atoms with van der Waals surface area (Å²) in [6.45, 7) is 9.01. The highest BCUT2D eigenvalue weighted by Gasteiger charge is 2.55. The summed E-state index contributed by atoms with van der Waals surface area (Å²) in [7, 11) is 0. The lowest BCUT2D eigenvalue weighted by atomic mass is 9.88. The molecule has 3 atom stereocenters. The summed E-state index contributed by atoms with van der Waals surface area (Å²) in [5.41, 5.74) is -0.709. The molecule has 0 bridgehead atoms. The smallest absolute Gasteiger partial charge is 0.325 e. The Bertz CT molecular complexity index is 496. The van der Waals surface area contributed by atoms with Crippen LogP contribution in [-0.2, 0) is 9.53 Å². The Morgan fingerprint density at radius 1 is 1.29 bits per heavy atom. The number of nitrogens with zero attached hydrogens (tertiary/aromatic N) is 2. The molecule has 3 fully saturated rings. The number of rotatable bonds is 5. The largest absolute Gasteiger partial charge is 0.377 e. The molecule has 1 aliphatic carbocycles. The highest BCUT2D eigenvalue weighted by Crippen LogP contribution is 2.30. The van der Waals surface area contributed by atoms with E-state index in [1.807, 2.05) is 13.8 Å².